The minimum absolute atomic E-state index is 0.199. The largest absolute Gasteiger partial charge is 0.264 e. The van der Waals surface area contributed by atoms with Crippen molar-refractivity contribution in [2.24, 2.45) is 0 Å². The quantitative estimate of drug-likeness (QED) is 0.872. The molecule has 0 aliphatic rings. The van der Waals surface area contributed by atoms with Gasteiger partial charge in [0.25, 0.3) is 0 Å². The maximum absolute atomic E-state index is 13.9. The maximum Gasteiger partial charge on any atom is 0.232 e. The van der Waals surface area contributed by atoms with Gasteiger partial charge in [-0.1, -0.05) is 6.07 Å². The topological polar surface area (TPSA) is 50.3 Å². The van der Waals surface area contributed by atoms with E-state index in [1.54, 1.807) is 25.3 Å². The second-order valence-electron chi connectivity index (χ2n) is 4.62. The number of aromatic nitrogens is 1. The van der Waals surface area contributed by atoms with Gasteiger partial charge in [0.15, 0.2) is 0 Å². The first kappa shape index (κ1) is 15.4. The summed E-state index contributed by atoms with van der Waals surface area (Å²) in [7, 11) is -3.76. The summed E-state index contributed by atoms with van der Waals surface area (Å²) in [6.07, 6.45) is 4.03. The fraction of sp³-hybridized carbons (Fsp3) is 0.214. The number of hydrogen-bond acceptors (Lipinski definition) is 3. The maximum atomic E-state index is 13.9. The van der Waals surface area contributed by atoms with Gasteiger partial charge < -0.3 is 0 Å². The first-order valence-corrected chi connectivity index (χ1v) is 8.00. The van der Waals surface area contributed by atoms with Gasteiger partial charge in [0, 0.05) is 18.5 Å². The smallest absolute Gasteiger partial charge is 0.232 e. The third-order valence-corrected chi connectivity index (χ3v) is 4.25. The first-order chi connectivity index (χ1) is 9.80. The van der Waals surface area contributed by atoms with Gasteiger partial charge in [-0.25, -0.2) is 17.2 Å². The number of hydrogen-bond donors (Lipinski definition) is 0. The third-order valence-electron chi connectivity index (χ3n) is 3.02. The van der Waals surface area contributed by atoms with E-state index >= 15 is 0 Å². The van der Waals surface area contributed by atoms with Crippen LogP contribution in [-0.2, 0) is 10.0 Å². The van der Waals surface area contributed by atoms with E-state index in [-0.39, 0.29) is 5.69 Å². The summed E-state index contributed by atoms with van der Waals surface area (Å²) in [6, 6.07) is 5.47. The van der Waals surface area contributed by atoms with E-state index in [2.05, 4.69) is 4.98 Å². The highest BCUT2D eigenvalue weighted by Crippen LogP contribution is 2.31. The van der Waals surface area contributed by atoms with Gasteiger partial charge in [-0.3, -0.25) is 9.29 Å². The van der Waals surface area contributed by atoms with Crippen LogP contribution in [0.5, 0.6) is 0 Å². The van der Waals surface area contributed by atoms with Crippen LogP contribution in [0.3, 0.4) is 0 Å². The lowest BCUT2D eigenvalue weighted by Gasteiger charge is -2.29. The lowest BCUT2D eigenvalue weighted by molar-refractivity contribution is 0.568. The molecule has 0 saturated heterocycles. The van der Waals surface area contributed by atoms with Gasteiger partial charge in [0.1, 0.15) is 11.6 Å². The summed E-state index contributed by atoms with van der Waals surface area (Å²) in [5.41, 5.74) is 0.405. The van der Waals surface area contributed by atoms with Gasteiger partial charge >= 0.3 is 0 Å². The first-order valence-electron chi connectivity index (χ1n) is 6.15. The summed E-state index contributed by atoms with van der Waals surface area (Å²) in [5, 5.41) is 0. The molecule has 0 saturated carbocycles. The second-order valence-corrected chi connectivity index (χ2v) is 6.48. The number of pyridine rings is 1. The molecule has 1 aromatic heterocycles. The van der Waals surface area contributed by atoms with Gasteiger partial charge in [0.05, 0.1) is 18.0 Å². The zero-order valence-corrected chi connectivity index (χ0v) is 12.3. The fourth-order valence-corrected chi connectivity index (χ4v) is 3.29. The van der Waals surface area contributed by atoms with E-state index in [4.69, 9.17) is 0 Å². The van der Waals surface area contributed by atoms with Crippen LogP contribution in [0.2, 0.25) is 0 Å². The van der Waals surface area contributed by atoms with E-state index in [1.165, 1.54) is 6.20 Å². The Balaban J connectivity index is 2.55. The highest BCUT2D eigenvalue weighted by molar-refractivity contribution is 7.92. The molecule has 1 aromatic carbocycles. The Morgan fingerprint density at radius 3 is 2.48 bits per heavy atom. The molecule has 0 aliphatic carbocycles. The summed E-state index contributed by atoms with van der Waals surface area (Å²) in [5.74, 6) is -1.70. The third kappa shape index (κ3) is 3.36. The molecule has 0 fully saturated rings. The molecule has 21 heavy (non-hydrogen) atoms. The molecule has 0 radical (unpaired) electrons. The van der Waals surface area contributed by atoms with Crippen LogP contribution in [0.25, 0.3) is 0 Å². The van der Waals surface area contributed by atoms with Crippen molar-refractivity contribution in [3.8, 4) is 0 Å². The average molecular weight is 312 g/mol. The van der Waals surface area contributed by atoms with Crippen molar-refractivity contribution >= 4 is 15.7 Å². The van der Waals surface area contributed by atoms with Crippen LogP contribution in [0.4, 0.5) is 14.5 Å². The number of halogens is 2. The SMILES string of the molecule is CC(c1cccnc1)N(c1ccc(F)cc1F)S(C)(=O)=O. The van der Waals surface area contributed by atoms with Crippen molar-refractivity contribution in [2.75, 3.05) is 10.6 Å². The van der Waals surface area contributed by atoms with Crippen LogP contribution in [0, 0.1) is 11.6 Å². The fourth-order valence-electron chi connectivity index (χ4n) is 2.09. The molecule has 0 spiro atoms. The standard InChI is InChI=1S/C14H14F2N2O2S/c1-10(11-4-3-7-17-9-11)18(21(2,19)20)14-6-5-12(15)8-13(14)16/h3-10H,1-2H3. The lowest BCUT2D eigenvalue weighted by Crippen LogP contribution is -2.33. The van der Waals surface area contributed by atoms with Crippen LogP contribution in [-0.4, -0.2) is 19.7 Å². The summed E-state index contributed by atoms with van der Waals surface area (Å²) in [6.45, 7) is 1.61. The Labute approximate surface area is 122 Å². The molecule has 4 nitrogen and oxygen atoms in total. The normalized spacial score (nSPS) is 13.0. The molecule has 2 aromatic rings. The predicted octanol–water partition coefficient (Wildman–Crippen LogP) is 2.89. The molecule has 0 amide bonds. The van der Waals surface area contributed by atoms with Crippen molar-refractivity contribution in [3.63, 3.8) is 0 Å². The Morgan fingerprint density at radius 1 is 1.24 bits per heavy atom. The predicted molar refractivity (Wildman–Crippen MR) is 76.3 cm³/mol. The zero-order chi connectivity index (χ0) is 15.6. The van der Waals surface area contributed by atoms with E-state index < -0.39 is 27.7 Å². The minimum atomic E-state index is -3.76. The molecular weight excluding hydrogens is 298 g/mol. The van der Waals surface area contributed by atoms with E-state index in [9.17, 15) is 17.2 Å². The zero-order valence-electron chi connectivity index (χ0n) is 11.5. The number of nitrogens with zero attached hydrogens (tertiary/aromatic N) is 2. The Morgan fingerprint density at radius 2 is 1.95 bits per heavy atom. The highest BCUT2D eigenvalue weighted by Gasteiger charge is 2.27. The van der Waals surface area contributed by atoms with Gasteiger partial charge in [-0.2, -0.15) is 0 Å². The number of sulfonamides is 1. The summed E-state index contributed by atoms with van der Waals surface area (Å²) < 4.78 is 51.9. The lowest BCUT2D eigenvalue weighted by atomic mass is 10.1. The molecule has 1 atom stereocenters. The number of benzene rings is 1. The van der Waals surface area contributed by atoms with Crippen LogP contribution < -0.4 is 4.31 Å². The molecule has 0 bridgehead atoms. The Hall–Kier alpha value is -2.02. The average Bonchev–Trinajstić information content (AvgIpc) is 2.41. The summed E-state index contributed by atoms with van der Waals surface area (Å²) in [4.78, 5) is 3.93. The Kier molecular flexibility index (Phi) is 4.22. The van der Waals surface area contributed by atoms with Crippen molar-refractivity contribution in [1.29, 1.82) is 0 Å². The Bertz CT molecular complexity index is 736. The molecule has 1 heterocycles. The van der Waals surface area contributed by atoms with Crippen LogP contribution in [0.15, 0.2) is 42.7 Å². The van der Waals surface area contributed by atoms with Crippen molar-refractivity contribution in [3.05, 3.63) is 59.9 Å². The van der Waals surface area contributed by atoms with E-state index in [0.29, 0.717) is 11.6 Å². The van der Waals surface area contributed by atoms with Crippen molar-refractivity contribution < 1.29 is 17.2 Å². The number of rotatable bonds is 4. The van der Waals surface area contributed by atoms with E-state index in [0.717, 1.165) is 22.7 Å². The van der Waals surface area contributed by atoms with Gasteiger partial charge in [-0.15, -0.1) is 0 Å². The van der Waals surface area contributed by atoms with Gasteiger partial charge in [0.2, 0.25) is 10.0 Å². The summed E-state index contributed by atoms with van der Waals surface area (Å²) >= 11 is 0. The molecule has 112 valence electrons. The second kappa shape index (κ2) is 5.77. The number of anilines is 1. The molecule has 7 heteroatoms. The molecular formula is C14H14F2N2O2S. The van der Waals surface area contributed by atoms with E-state index in [1.807, 2.05) is 0 Å². The molecule has 2 rings (SSSR count). The van der Waals surface area contributed by atoms with Crippen LogP contribution in [0.1, 0.15) is 18.5 Å². The minimum Gasteiger partial charge on any atom is -0.264 e. The molecule has 0 N–H and O–H groups in total. The van der Waals surface area contributed by atoms with Crippen molar-refractivity contribution in [2.45, 2.75) is 13.0 Å². The van der Waals surface area contributed by atoms with Gasteiger partial charge in [-0.05, 0) is 30.7 Å². The van der Waals surface area contributed by atoms with Crippen molar-refractivity contribution in [1.82, 2.24) is 4.98 Å². The highest BCUT2D eigenvalue weighted by atomic mass is 32.2. The molecule has 1 unspecified atom stereocenters. The monoisotopic (exact) mass is 312 g/mol. The van der Waals surface area contributed by atoms with Crippen LogP contribution >= 0.6 is 0 Å². The molecule has 0 aliphatic heterocycles.